The lowest BCUT2D eigenvalue weighted by Crippen LogP contribution is -2.41. The molecule has 0 aliphatic carbocycles. The van der Waals surface area contributed by atoms with E-state index in [1.165, 1.54) is 0 Å². The lowest BCUT2D eigenvalue weighted by atomic mass is 9.95. The average molecular weight is 297 g/mol. The quantitative estimate of drug-likeness (QED) is 0.907. The first-order valence-corrected chi connectivity index (χ1v) is 6.58. The number of hydrogen-bond donors (Lipinski definition) is 1. The standard InChI is InChI=1S/C12H13BrN2O2/c13-8-3-7(5-14-6-8)12(16)15-10-4-9-1-2-11(10)17-9/h3,5-6,9-11H,1-2,4H2,(H,15,16). The van der Waals surface area contributed by atoms with Gasteiger partial charge in [0.25, 0.3) is 5.91 Å². The summed E-state index contributed by atoms with van der Waals surface area (Å²) in [6.45, 7) is 0. The van der Waals surface area contributed by atoms with Crippen molar-refractivity contribution in [3.05, 3.63) is 28.5 Å². The molecule has 4 nitrogen and oxygen atoms in total. The maximum atomic E-state index is 12.0. The first-order chi connectivity index (χ1) is 8.22. The second kappa shape index (κ2) is 4.38. The monoisotopic (exact) mass is 296 g/mol. The van der Waals surface area contributed by atoms with Gasteiger partial charge in [0.15, 0.2) is 0 Å². The van der Waals surface area contributed by atoms with Crippen LogP contribution < -0.4 is 5.32 Å². The van der Waals surface area contributed by atoms with Gasteiger partial charge in [-0.05, 0) is 41.3 Å². The summed E-state index contributed by atoms with van der Waals surface area (Å²) in [6, 6.07) is 1.94. The second-order valence-electron chi connectivity index (χ2n) is 4.58. The van der Waals surface area contributed by atoms with Crippen LogP contribution in [0.15, 0.2) is 22.9 Å². The van der Waals surface area contributed by atoms with Crippen LogP contribution in [0, 0.1) is 0 Å². The van der Waals surface area contributed by atoms with Crippen LogP contribution in [0.25, 0.3) is 0 Å². The minimum absolute atomic E-state index is 0.0695. The number of nitrogens with one attached hydrogen (secondary N) is 1. The molecule has 90 valence electrons. The van der Waals surface area contributed by atoms with Gasteiger partial charge in [-0.2, -0.15) is 0 Å². The van der Waals surface area contributed by atoms with E-state index in [0.29, 0.717) is 11.7 Å². The lowest BCUT2D eigenvalue weighted by molar-refractivity contribution is 0.0840. The van der Waals surface area contributed by atoms with Gasteiger partial charge in [-0.25, -0.2) is 0 Å². The van der Waals surface area contributed by atoms with Gasteiger partial charge in [0, 0.05) is 16.9 Å². The Morgan fingerprint density at radius 2 is 2.35 bits per heavy atom. The molecule has 3 unspecified atom stereocenters. The number of pyridine rings is 1. The largest absolute Gasteiger partial charge is 0.373 e. The minimum atomic E-state index is -0.0695. The number of aromatic nitrogens is 1. The van der Waals surface area contributed by atoms with Gasteiger partial charge >= 0.3 is 0 Å². The Labute approximate surface area is 108 Å². The number of nitrogens with zero attached hydrogens (tertiary/aromatic N) is 1. The highest BCUT2D eigenvalue weighted by Gasteiger charge is 2.41. The Kier molecular flexibility index (Phi) is 2.88. The molecule has 1 aromatic rings. The zero-order valence-electron chi connectivity index (χ0n) is 9.23. The molecule has 2 aliphatic heterocycles. The summed E-state index contributed by atoms with van der Waals surface area (Å²) >= 11 is 3.31. The number of carbonyl (C=O) groups is 1. The van der Waals surface area contributed by atoms with E-state index in [1.54, 1.807) is 18.5 Å². The number of carbonyl (C=O) groups excluding carboxylic acids is 1. The van der Waals surface area contributed by atoms with E-state index in [2.05, 4.69) is 26.2 Å². The fourth-order valence-electron chi connectivity index (χ4n) is 2.58. The SMILES string of the molecule is O=C(NC1CC2CCC1O2)c1cncc(Br)c1. The topological polar surface area (TPSA) is 51.2 Å². The molecule has 3 atom stereocenters. The van der Waals surface area contributed by atoms with Gasteiger partial charge in [0.1, 0.15) is 0 Å². The van der Waals surface area contributed by atoms with E-state index >= 15 is 0 Å². The number of hydrogen-bond acceptors (Lipinski definition) is 3. The van der Waals surface area contributed by atoms with E-state index < -0.39 is 0 Å². The fraction of sp³-hybridized carbons (Fsp3) is 0.500. The van der Waals surface area contributed by atoms with Crippen molar-refractivity contribution in [1.29, 1.82) is 0 Å². The highest BCUT2D eigenvalue weighted by atomic mass is 79.9. The van der Waals surface area contributed by atoms with Crippen LogP contribution in [0.1, 0.15) is 29.6 Å². The van der Waals surface area contributed by atoms with E-state index in [4.69, 9.17) is 4.74 Å². The zero-order valence-corrected chi connectivity index (χ0v) is 10.8. The summed E-state index contributed by atoms with van der Waals surface area (Å²) < 4.78 is 6.52. The molecule has 5 heteroatoms. The summed E-state index contributed by atoms with van der Waals surface area (Å²) in [5.74, 6) is -0.0695. The summed E-state index contributed by atoms with van der Waals surface area (Å²) in [5, 5.41) is 3.03. The first-order valence-electron chi connectivity index (χ1n) is 5.79. The molecule has 1 N–H and O–H groups in total. The molecule has 0 radical (unpaired) electrons. The van der Waals surface area contributed by atoms with Gasteiger partial charge in [-0.15, -0.1) is 0 Å². The van der Waals surface area contributed by atoms with E-state index in [0.717, 1.165) is 23.7 Å². The minimum Gasteiger partial charge on any atom is -0.373 e. The van der Waals surface area contributed by atoms with Crippen molar-refractivity contribution >= 4 is 21.8 Å². The summed E-state index contributed by atoms with van der Waals surface area (Å²) in [4.78, 5) is 16.0. The maximum Gasteiger partial charge on any atom is 0.253 e. The predicted octanol–water partition coefficient (Wildman–Crippen LogP) is 1.89. The molecule has 1 aromatic heterocycles. The lowest BCUT2D eigenvalue weighted by Gasteiger charge is -2.19. The van der Waals surface area contributed by atoms with Gasteiger partial charge in [-0.3, -0.25) is 9.78 Å². The first kappa shape index (κ1) is 11.2. The molecule has 1 amide bonds. The Balaban J connectivity index is 1.68. The number of ether oxygens (including phenoxy) is 1. The van der Waals surface area contributed by atoms with E-state index in [9.17, 15) is 4.79 Å². The van der Waals surface area contributed by atoms with Crippen LogP contribution in [0.2, 0.25) is 0 Å². The highest BCUT2D eigenvalue weighted by Crippen LogP contribution is 2.34. The Morgan fingerprint density at radius 3 is 3.00 bits per heavy atom. The van der Waals surface area contributed by atoms with Crippen molar-refractivity contribution in [2.45, 2.75) is 37.5 Å². The van der Waals surface area contributed by atoms with Crippen LogP contribution in [-0.4, -0.2) is 29.1 Å². The Morgan fingerprint density at radius 1 is 1.47 bits per heavy atom. The van der Waals surface area contributed by atoms with E-state index in [1.807, 2.05) is 0 Å². The number of rotatable bonds is 2. The van der Waals surface area contributed by atoms with E-state index in [-0.39, 0.29) is 18.1 Å². The zero-order chi connectivity index (χ0) is 11.8. The molecule has 0 aromatic carbocycles. The Hall–Kier alpha value is -0.940. The van der Waals surface area contributed by atoms with Crippen molar-refractivity contribution in [3.63, 3.8) is 0 Å². The van der Waals surface area contributed by atoms with Gasteiger partial charge < -0.3 is 10.1 Å². The highest BCUT2D eigenvalue weighted by molar-refractivity contribution is 9.10. The van der Waals surface area contributed by atoms with Gasteiger partial charge in [0.2, 0.25) is 0 Å². The third-order valence-corrected chi connectivity index (χ3v) is 3.82. The van der Waals surface area contributed by atoms with Crippen molar-refractivity contribution in [1.82, 2.24) is 10.3 Å². The normalized spacial score (nSPS) is 30.5. The third-order valence-electron chi connectivity index (χ3n) is 3.39. The molecule has 3 rings (SSSR count). The van der Waals surface area contributed by atoms with Crippen LogP contribution in [0.3, 0.4) is 0 Å². The van der Waals surface area contributed by atoms with Crippen LogP contribution in [0.5, 0.6) is 0 Å². The molecule has 0 saturated carbocycles. The van der Waals surface area contributed by atoms with Gasteiger partial charge in [0.05, 0.1) is 23.8 Å². The molecule has 3 heterocycles. The number of halogens is 1. The smallest absolute Gasteiger partial charge is 0.253 e. The van der Waals surface area contributed by atoms with Crippen LogP contribution in [0.4, 0.5) is 0 Å². The molecule has 2 fully saturated rings. The molecule has 17 heavy (non-hydrogen) atoms. The molecular weight excluding hydrogens is 284 g/mol. The molecule has 2 saturated heterocycles. The molecular formula is C12H13BrN2O2. The fourth-order valence-corrected chi connectivity index (χ4v) is 2.94. The summed E-state index contributed by atoms with van der Waals surface area (Å²) in [5.41, 5.74) is 0.585. The predicted molar refractivity (Wildman–Crippen MR) is 65.7 cm³/mol. The molecule has 0 spiro atoms. The van der Waals surface area contributed by atoms with Gasteiger partial charge in [-0.1, -0.05) is 0 Å². The van der Waals surface area contributed by atoms with Crippen LogP contribution in [-0.2, 0) is 4.74 Å². The molecule has 2 bridgehead atoms. The van der Waals surface area contributed by atoms with Crippen molar-refractivity contribution in [3.8, 4) is 0 Å². The van der Waals surface area contributed by atoms with Crippen LogP contribution >= 0.6 is 15.9 Å². The van der Waals surface area contributed by atoms with Crippen molar-refractivity contribution in [2.24, 2.45) is 0 Å². The molecule has 2 aliphatic rings. The summed E-state index contributed by atoms with van der Waals surface area (Å²) in [7, 11) is 0. The average Bonchev–Trinajstić information content (AvgIpc) is 2.91. The van der Waals surface area contributed by atoms with Crippen molar-refractivity contribution < 1.29 is 9.53 Å². The third kappa shape index (κ3) is 2.21. The second-order valence-corrected chi connectivity index (χ2v) is 5.50. The Bertz CT molecular complexity index is 452. The van der Waals surface area contributed by atoms with Crippen molar-refractivity contribution in [2.75, 3.05) is 0 Å². The summed E-state index contributed by atoms with van der Waals surface area (Å²) in [6.07, 6.45) is 6.95. The number of amides is 1. The number of fused-ring (bicyclic) bond motifs is 2. The maximum absolute atomic E-state index is 12.0.